The van der Waals surface area contributed by atoms with Crippen molar-refractivity contribution in [3.63, 3.8) is 0 Å². The van der Waals surface area contributed by atoms with Gasteiger partial charge in [0.2, 0.25) is 0 Å². The summed E-state index contributed by atoms with van der Waals surface area (Å²) >= 11 is 3.88. The van der Waals surface area contributed by atoms with Crippen LogP contribution >= 0.6 is 23.1 Å². The number of hydrogen-bond acceptors (Lipinski definition) is 4. The van der Waals surface area contributed by atoms with Crippen molar-refractivity contribution in [2.45, 2.75) is 48.9 Å². The van der Waals surface area contributed by atoms with E-state index in [1.807, 2.05) is 23.1 Å². The summed E-state index contributed by atoms with van der Waals surface area (Å²) < 4.78 is 2.65. The predicted octanol–water partition coefficient (Wildman–Crippen LogP) is 15.3. The van der Waals surface area contributed by atoms with Crippen LogP contribution in [0.5, 0.6) is 0 Å². The first-order valence-corrected chi connectivity index (χ1v) is 22.9. The molecule has 0 spiro atoms. The minimum absolute atomic E-state index is 0.0966. The number of benzene rings is 6. The van der Waals surface area contributed by atoms with Gasteiger partial charge in [-0.2, -0.15) is 0 Å². The molecule has 2 nitrogen and oxygen atoms in total. The molecule has 292 valence electrons. The molecule has 0 bridgehead atoms. The van der Waals surface area contributed by atoms with E-state index in [-0.39, 0.29) is 12.1 Å². The van der Waals surface area contributed by atoms with Gasteiger partial charge in [0.25, 0.3) is 0 Å². The third-order valence-electron chi connectivity index (χ3n) is 13.1. The topological polar surface area (TPSA) is 15.6 Å². The zero-order valence-electron chi connectivity index (χ0n) is 34.2. The van der Waals surface area contributed by atoms with Crippen molar-refractivity contribution in [1.82, 2.24) is 4.90 Å². The molecule has 3 unspecified atom stereocenters. The fourth-order valence-corrected chi connectivity index (χ4v) is 12.4. The lowest BCUT2D eigenvalue weighted by Crippen LogP contribution is -2.23. The van der Waals surface area contributed by atoms with Crippen LogP contribution in [-0.4, -0.2) is 22.9 Å². The Morgan fingerprint density at radius 2 is 1.40 bits per heavy atom. The largest absolute Gasteiger partial charge is 0.349 e. The molecule has 4 heteroatoms. The fourth-order valence-electron chi connectivity index (χ4n) is 9.96. The Morgan fingerprint density at radius 3 is 2.28 bits per heavy atom. The number of thiophene rings is 1. The molecular formula is C56H46N2S2. The summed E-state index contributed by atoms with van der Waals surface area (Å²) in [4.78, 5) is 9.78. The van der Waals surface area contributed by atoms with E-state index in [2.05, 4.69) is 202 Å². The van der Waals surface area contributed by atoms with Crippen LogP contribution in [0.1, 0.15) is 61.0 Å². The van der Waals surface area contributed by atoms with Crippen LogP contribution in [0.25, 0.3) is 53.7 Å². The van der Waals surface area contributed by atoms with Crippen LogP contribution in [0.3, 0.4) is 0 Å². The highest BCUT2D eigenvalue weighted by Gasteiger charge is 2.35. The molecule has 6 aromatic carbocycles. The summed E-state index contributed by atoms with van der Waals surface area (Å²) in [6, 6.07) is 51.6. The normalized spacial score (nSPS) is 21.1. The quantitative estimate of drug-likeness (QED) is 0.166. The Labute approximate surface area is 361 Å². The summed E-state index contributed by atoms with van der Waals surface area (Å²) in [6.45, 7) is 4.73. The van der Waals surface area contributed by atoms with Crippen molar-refractivity contribution in [1.29, 1.82) is 0 Å². The molecule has 0 saturated heterocycles. The minimum atomic E-state index is -0.204. The first-order chi connectivity index (χ1) is 29.5. The molecule has 2 aliphatic heterocycles. The SMILES string of the molecule is CC1=C(c2cccc3sc4ccccc4c23)N(C)C(c2ccc3c(c2)C2C=CC=CC2S3)N=C(C2=CCCC(c3cccc(-c4ccccc4-c4ccccc4)c3)=C2)[C@@H]1C. The number of thioether (sulfide) groups is 1. The fraction of sp³-hybridized carbons (Fsp3) is 0.161. The van der Waals surface area contributed by atoms with E-state index in [1.165, 1.54) is 92.0 Å². The molecule has 3 heterocycles. The monoisotopic (exact) mass is 810 g/mol. The number of allylic oxidation sites excluding steroid dienone is 8. The van der Waals surface area contributed by atoms with Gasteiger partial charge >= 0.3 is 0 Å². The highest BCUT2D eigenvalue weighted by molar-refractivity contribution is 8.00. The van der Waals surface area contributed by atoms with Crippen molar-refractivity contribution in [3.05, 3.63) is 209 Å². The van der Waals surface area contributed by atoms with Gasteiger partial charge in [0.05, 0.1) is 5.71 Å². The summed E-state index contributed by atoms with van der Waals surface area (Å²) in [5.74, 6) is 0.484. The van der Waals surface area contributed by atoms with Crippen molar-refractivity contribution >= 4 is 60.3 Å². The first-order valence-electron chi connectivity index (χ1n) is 21.2. The van der Waals surface area contributed by atoms with Crippen LogP contribution in [-0.2, 0) is 0 Å². The number of fused-ring (bicyclic) bond motifs is 6. The van der Waals surface area contributed by atoms with Gasteiger partial charge in [0.1, 0.15) is 6.17 Å². The van der Waals surface area contributed by atoms with E-state index in [4.69, 9.17) is 4.99 Å². The Kier molecular flexibility index (Phi) is 9.44. The van der Waals surface area contributed by atoms with Gasteiger partial charge in [0, 0.05) is 60.5 Å². The van der Waals surface area contributed by atoms with Crippen LogP contribution in [0, 0.1) is 5.92 Å². The van der Waals surface area contributed by atoms with Gasteiger partial charge in [-0.3, -0.25) is 4.99 Å². The maximum Gasteiger partial charge on any atom is 0.147 e. The molecule has 0 fully saturated rings. The second-order valence-corrected chi connectivity index (χ2v) is 18.9. The van der Waals surface area contributed by atoms with Crippen molar-refractivity contribution in [2.24, 2.45) is 10.9 Å². The third-order valence-corrected chi connectivity index (χ3v) is 15.6. The van der Waals surface area contributed by atoms with E-state index >= 15 is 0 Å². The van der Waals surface area contributed by atoms with Gasteiger partial charge in [-0.15, -0.1) is 23.1 Å². The van der Waals surface area contributed by atoms with Gasteiger partial charge in [-0.25, -0.2) is 0 Å². The van der Waals surface area contributed by atoms with Gasteiger partial charge in [-0.05, 0) is 106 Å². The highest BCUT2D eigenvalue weighted by Crippen LogP contribution is 2.50. The van der Waals surface area contributed by atoms with Crippen LogP contribution in [0.4, 0.5) is 0 Å². The number of aliphatic imine (C=N–C) groups is 1. The Balaban J connectivity index is 1.04. The lowest BCUT2D eigenvalue weighted by Gasteiger charge is -2.31. The zero-order chi connectivity index (χ0) is 40.3. The lowest BCUT2D eigenvalue weighted by molar-refractivity contribution is 0.368. The molecule has 1 aromatic heterocycles. The van der Waals surface area contributed by atoms with E-state index in [1.54, 1.807) is 0 Å². The zero-order valence-corrected chi connectivity index (χ0v) is 35.8. The molecule has 0 saturated carbocycles. The molecule has 0 radical (unpaired) electrons. The minimum Gasteiger partial charge on any atom is -0.349 e. The number of hydrogen-bond donors (Lipinski definition) is 0. The molecule has 11 rings (SSSR count). The van der Waals surface area contributed by atoms with Gasteiger partial charge < -0.3 is 4.90 Å². The van der Waals surface area contributed by atoms with Gasteiger partial charge in [-0.1, -0.05) is 153 Å². The number of nitrogens with zero attached hydrogens (tertiary/aromatic N) is 2. The summed E-state index contributed by atoms with van der Waals surface area (Å²) in [6.07, 6.45) is 15.8. The smallest absolute Gasteiger partial charge is 0.147 e. The summed E-state index contributed by atoms with van der Waals surface area (Å²) in [5.41, 5.74) is 16.6. The van der Waals surface area contributed by atoms with Crippen LogP contribution in [0.15, 0.2) is 197 Å². The summed E-state index contributed by atoms with van der Waals surface area (Å²) in [5, 5.41) is 3.12. The highest BCUT2D eigenvalue weighted by atomic mass is 32.2. The molecule has 4 aliphatic rings. The van der Waals surface area contributed by atoms with E-state index in [0.717, 1.165) is 18.6 Å². The molecule has 7 aromatic rings. The van der Waals surface area contributed by atoms with E-state index in [9.17, 15) is 0 Å². The maximum atomic E-state index is 5.91. The number of rotatable bonds is 6. The lowest BCUT2D eigenvalue weighted by atomic mass is 9.84. The molecule has 0 N–H and O–H groups in total. The molecular weight excluding hydrogens is 765 g/mol. The van der Waals surface area contributed by atoms with E-state index < -0.39 is 0 Å². The molecule has 0 amide bonds. The van der Waals surface area contributed by atoms with Crippen molar-refractivity contribution < 1.29 is 0 Å². The second kappa shape index (κ2) is 15.3. The van der Waals surface area contributed by atoms with Gasteiger partial charge in [0.15, 0.2) is 0 Å². The standard InChI is InChI=1S/C56H46N2S2/c1-35-36(2)55(47-26-15-29-52-53(47)46-25-10-12-28-50(46)60-52)58(3)56(42-30-31-51-48(34-42)45-24-9-11-27-49(45)59-51)57-54(35)41-21-14-19-39(33-41)38-18-13-20-40(32-38)44-23-8-7-22-43(44)37-16-5-4-6-17-37/h4-13,15-18,20-35,45,49,56H,14,19H2,1-3H3/t35-,45?,49?,56?/m1/s1. The Hall–Kier alpha value is -5.94. The molecule has 4 atom stereocenters. The van der Waals surface area contributed by atoms with Crippen molar-refractivity contribution in [3.8, 4) is 22.3 Å². The second-order valence-electron chi connectivity index (χ2n) is 16.6. The predicted molar refractivity (Wildman–Crippen MR) is 259 cm³/mol. The summed E-state index contributed by atoms with van der Waals surface area (Å²) in [7, 11) is 2.28. The van der Waals surface area contributed by atoms with E-state index in [0.29, 0.717) is 11.2 Å². The average molecular weight is 811 g/mol. The Morgan fingerprint density at radius 1 is 0.683 bits per heavy atom. The molecule has 60 heavy (non-hydrogen) atoms. The Bertz CT molecular complexity index is 3030. The van der Waals surface area contributed by atoms with Crippen LogP contribution < -0.4 is 0 Å². The third kappa shape index (κ3) is 6.36. The average Bonchev–Trinajstić information content (AvgIpc) is 3.85. The maximum absolute atomic E-state index is 5.91. The van der Waals surface area contributed by atoms with Crippen molar-refractivity contribution in [2.75, 3.05) is 7.05 Å². The first kappa shape index (κ1) is 37.1. The molecule has 2 aliphatic carbocycles. The van der Waals surface area contributed by atoms with Crippen LogP contribution in [0.2, 0.25) is 0 Å².